The molecule has 0 aliphatic rings. The normalized spacial score (nSPS) is 11.6. The molecular formula is C17H24ClN3O2. The van der Waals surface area contributed by atoms with Gasteiger partial charge in [-0.1, -0.05) is 11.6 Å². The highest BCUT2D eigenvalue weighted by Crippen LogP contribution is 2.09. The molecule has 5 nitrogen and oxygen atoms in total. The van der Waals surface area contributed by atoms with Gasteiger partial charge in [-0.25, -0.2) is 0 Å². The van der Waals surface area contributed by atoms with Crippen molar-refractivity contribution < 1.29 is 9.59 Å². The standard InChI is InChI=1S/C17H24ClN3O2/c1-11(2)21(12(3)4)16(22)10-13(5)19-20-17(23)14-6-8-15(18)9-7-14/h6-12,19H,1-5H3,(H,20,23). The van der Waals surface area contributed by atoms with E-state index in [-0.39, 0.29) is 23.9 Å². The first-order chi connectivity index (χ1) is 10.7. The van der Waals surface area contributed by atoms with E-state index in [0.29, 0.717) is 16.3 Å². The molecule has 0 aliphatic heterocycles. The topological polar surface area (TPSA) is 61.4 Å². The molecule has 0 fully saturated rings. The van der Waals surface area contributed by atoms with Crippen LogP contribution >= 0.6 is 11.6 Å². The quantitative estimate of drug-likeness (QED) is 0.619. The van der Waals surface area contributed by atoms with Crippen molar-refractivity contribution in [1.29, 1.82) is 0 Å². The summed E-state index contributed by atoms with van der Waals surface area (Å²) in [7, 11) is 0. The van der Waals surface area contributed by atoms with E-state index in [9.17, 15) is 9.59 Å². The van der Waals surface area contributed by atoms with E-state index in [4.69, 9.17) is 11.6 Å². The van der Waals surface area contributed by atoms with E-state index < -0.39 is 0 Å². The Hall–Kier alpha value is -2.01. The third-order valence-electron chi connectivity index (χ3n) is 3.19. The van der Waals surface area contributed by atoms with Gasteiger partial charge in [0.05, 0.1) is 0 Å². The fourth-order valence-electron chi connectivity index (χ4n) is 2.23. The minimum Gasteiger partial charge on any atom is -0.334 e. The van der Waals surface area contributed by atoms with Gasteiger partial charge in [0.15, 0.2) is 0 Å². The molecule has 1 aromatic rings. The zero-order valence-electron chi connectivity index (χ0n) is 14.2. The average Bonchev–Trinajstić information content (AvgIpc) is 2.44. The maximum atomic E-state index is 12.3. The molecule has 0 aromatic heterocycles. The predicted molar refractivity (Wildman–Crippen MR) is 92.9 cm³/mol. The number of halogens is 1. The largest absolute Gasteiger partial charge is 0.334 e. The van der Waals surface area contributed by atoms with Crippen molar-refractivity contribution >= 4 is 23.4 Å². The number of carbonyl (C=O) groups excluding carboxylic acids is 2. The van der Waals surface area contributed by atoms with Crippen LogP contribution in [0, 0.1) is 0 Å². The van der Waals surface area contributed by atoms with Gasteiger partial charge in [-0.15, -0.1) is 0 Å². The van der Waals surface area contributed by atoms with Gasteiger partial charge in [-0.2, -0.15) is 0 Å². The van der Waals surface area contributed by atoms with Gasteiger partial charge in [-0.05, 0) is 58.9 Å². The lowest BCUT2D eigenvalue weighted by molar-refractivity contribution is -0.129. The number of benzene rings is 1. The molecule has 0 spiro atoms. The molecule has 0 radical (unpaired) electrons. The van der Waals surface area contributed by atoms with Crippen LogP contribution in [0.5, 0.6) is 0 Å². The van der Waals surface area contributed by atoms with Gasteiger partial charge in [0.1, 0.15) is 0 Å². The second-order valence-electron chi connectivity index (χ2n) is 5.85. The molecule has 23 heavy (non-hydrogen) atoms. The Bertz CT molecular complexity index is 572. The molecule has 0 aliphatic carbocycles. The van der Waals surface area contributed by atoms with Crippen LogP contribution < -0.4 is 10.9 Å². The highest BCUT2D eigenvalue weighted by Gasteiger charge is 2.18. The Morgan fingerprint density at radius 3 is 2.04 bits per heavy atom. The summed E-state index contributed by atoms with van der Waals surface area (Å²) >= 11 is 5.78. The van der Waals surface area contributed by atoms with Gasteiger partial charge in [0.2, 0.25) is 5.91 Å². The minimum absolute atomic E-state index is 0.0965. The summed E-state index contributed by atoms with van der Waals surface area (Å²) in [6.07, 6.45) is 1.47. The number of allylic oxidation sites excluding steroid dienone is 1. The third-order valence-corrected chi connectivity index (χ3v) is 3.44. The lowest BCUT2D eigenvalue weighted by Crippen LogP contribution is -2.42. The number of amides is 2. The van der Waals surface area contributed by atoms with Crippen molar-refractivity contribution in [2.75, 3.05) is 0 Å². The lowest BCUT2D eigenvalue weighted by atomic mass is 10.2. The van der Waals surface area contributed by atoms with Crippen LogP contribution in [-0.2, 0) is 4.79 Å². The number of carbonyl (C=O) groups is 2. The SMILES string of the molecule is CC(=CC(=O)N(C(C)C)C(C)C)NNC(=O)c1ccc(Cl)cc1. The molecule has 0 saturated heterocycles. The Labute approximate surface area is 142 Å². The van der Waals surface area contributed by atoms with E-state index >= 15 is 0 Å². The fourth-order valence-corrected chi connectivity index (χ4v) is 2.36. The maximum Gasteiger partial charge on any atom is 0.269 e. The zero-order valence-corrected chi connectivity index (χ0v) is 14.9. The van der Waals surface area contributed by atoms with E-state index in [1.807, 2.05) is 27.7 Å². The van der Waals surface area contributed by atoms with Crippen molar-refractivity contribution in [3.8, 4) is 0 Å². The van der Waals surface area contributed by atoms with Crippen LogP contribution in [-0.4, -0.2) is 28.8 Å². The second kappa shape index (κ2) is 8.58. The first-order valence-corrected chi connectivity index (χ1v) is 7.92. The number of rotatable bonds is 6. The molecule has 126 valence electrons. The molecule has 1 aromatic carbocycles. The van der Waals surface area contributed by atoms with Crippen molar-refractivity contribution in [3.05, 3.63) is 46.6 Å². The summed E-state index contributed by atoms with van der Waals surface area (Å²) < 4.78 is 0. The molecule has 2 N–H and O–H groups in total. The van der Waals surface area contributed by atoms with Crippen molar-refractivity contribution in [2.24, 2.45) is 0 Å². The highest BCUT2D eigenvalue weighted by molar-refractivity contribution is 6.30. The molecule has 1 rings (SSSR count). The van der Waals surface area contributed by atoms with Gasteiger partial charge in [0, 0.05) is 34.4 Å². The van der Waals surface area contributed by atoms with Crippen LogP contribution in [0.1, 0.15) is 45.0 Å². The first-order valence-electron chi connectivity index (χ1n) is 7.55. The summed E-state index contributed by atoms with van der Waals surface area (Å²) in [6.45, 7) is 9.60. The summed E-state index contributed by atoms with van der Waals surface area (Å²) in [4.78, 5) is 26.0. The maximum absolute atomic E-state index is 12.3. The molecule has 6 heteroatoms. The summed E-state index contributed by atoms with van der Waals surface area (Å²) in [5.74, 6) is -0.396. The first kappa shape index (κ1) is 19.0. The number of hydrazine groups is 1. The lowest BCUT2D eigenvalue weighted by Gasteiger charge is -2.29. The Kier molecular flexibility index (Phi) is 7.10. The monoisotopic (exact) mass is 337 g/mol. The molecule has 0 saturated carbocycles. The molecule has 0 bridgehead atoms. The fraction of sp³-hybridized carbons (Fsp3) is 0.412. The molecule has 0 unspecified atom stereocenters. The summed E-state index contributed by atoms with van der Waals surface area (Å²) in [5, 5.41) is 0.568. The molecular weight excluding hydrogens is 314 g/mol. The molecule has 0 atom stereocenters. The number of nitrogens with zero attached hydrogens (tertiary/aromatic N) is 1. The third kappa shape index (κ3) is 5.94. The number of hydrogen-bond acceptors (Lipinski definition) is 3. The Balaban J connectivity index is 2.64. The zero-order chi connectivity index (χ0) is 17.6. The van der Waals surface area contributed by atoms with Crippen LogP contribution in [0.2, 0.25) is 5.02 Å². The molecule has 0 heterocycles. The minimum atomic E-state index is -0.300. The second-order valence-corrected chi connectivity index (χ2v) is 6.28. The average molecular weight is 338 g/mol. The van der Waals surface area contributed by atoms with Crippen molar-refractivity contribution in [2.45, 2.75) is 46.7 Å². The highest BCUT2D eigenvalue weighted by atomic mass is 35.5. The smallest absolute Gasteiger partial charge is 0.269 e. The van der Waals surface area contributed by atoms with Gasteiger partial charge >= 0.3 is 0 Å². The number of hydrogen-bond donors (Lipinski definition) is 2. The van der Waals surface area contributed by atoms with E-state index in [2.05, 4.69) is 10.9 Å². The van der Waals surface area contributed by atoms with Crippen molar-refractivity contribution in [3.63, 3.8) is 0 Å². The van der Waals surface area contributed by atoms with Gasteiger partial charge < -0.3 is 10.3 Å². The van der Waals surface area contributed by atoms with Crippen LogP contribution in [0.25, 0.3) is 0 Å². The van der Waals surface area contributed by atoms with Crippen LogP contribution in [0.15, 0.2) is 36.0 Å². The van der Waals surface area contributed by atoms with E-state index in [0.717, 1.165) is 0 Å². The van der Waals surface area contributed by atoms with E-state index in [1.165, 1.54) is 6.08 Å². The Morgan fingerprint density at radius 2 is 1.57 bits per heavy atom. The summed E-state index contributed by atoms with van der Waals surface area (Å²) in [6, 6.07) is 6.76. The number of nitrogens with one attached hydrogen (secondary N) is 2. The molecule has 2 amide bonds. The van der Waals surface area contributed by atoms with Crippen molar-refractivity contribution in [1.82, 2.24) is 15.8 Å². The van der Waals surface area contributed by atoms with Crippen LogP contribution in [0.4, 0.5) is 0 Å². The van der Waals surface area contributed by atoms with Gasteiger partial charge in [-0.3, -0.25) is 15.0 Å². The Morgan fingerprint density at radius 1 is 1.04 bits per heavy atom. The van der Waals surface area contributed by atoms with Gasteiger partial charge in [0.25, 0.3) is 5.91 Å². The van der Waals surface area contributed by atoms with E-state index in [1.54, 1.807) is 36.1 Å². The summed E-state index contributed by atoms with van der Waals surface area (Å²) in [5.41, 5.74) is 6.33. The van der Waals surface area contributed by atoms with Crippen LogP contribution in [0.3, 0.4) is 0 Å². The predicted octanol–water partition coefficient (Wildman–Crippen LogP) is 3.12.